The predicted octanol–water partition coefficient (Wildman–Crippen LogP) is -0.551. The van der Waals surface area contributed by atoms with E-state index in [1.165, 1.54) is 0 Å². The van der Waals surface area contributed by atoms with Crippen molar-refractivity contribution in [3.63, 3.8) is 0 Å². The molecule has 2 saturated heterocycles. The van der Waals surface area contributed by atoms with Crippen LogP contribution in [-0.2, 0) is 21.2 Å². The molecule has 0 amide bonds. The van der Waals surface area contributed by atoms with Crippen LogP contribution in [0.4, 0.5) is 0 Å². The standard InChI is InChI=1S/C14H19N3O4S/c18-14(19)8-17-6-5-16(7-11-3-1-2-4-15-11)12-9-22(20,21)10-13(12)17/h1-4,12-13H,5-10H2,(H,18,19)/t12-,13+/m1/s1. The highest BCUT2D eigenvalue weighted by Gasteiger charge is 2.46. The van der Waals surface area contributed by atoms with Crippen molar-refractivity contribution in [2.75, 3.05) is 31.1 Å². The third kappa shape index (κ3) is 3.29. The first-order valence-electron chi connectivity index (χ1n) is 7.25. The van der Waals surface area contributed by atoms with Crippen LogP contribution in [0.1, 0.15) is 5.69 Å². The molecule has 1 aromatic heterocycles. The fourth-order valence-electron chi connectivity index (χ4n) is 3.36. The Balaban J connectivity index is 1.79. The van der Waals surface area contributed by atoms with Gasteiger partial charge in [0, 0.05) is 37.9 Å². The third-order valence-electron chi connectivity index (χ3n) is 4.34. The van der Waals surface area contributed by atoms with Gasteiger partial charge in [-0.25, -0.2) is 8.42 Å². The predicted molar refractivity (Wildman–Crippen MR) is 80.1 cm³/mol. The second-order valence-corrected chi connectivity index (χ2v) is 8.02. The van der Waals surface area contributed by atoms with E-state index in [4.69, 9.17) is 5.11 Å². The topological polar surface area (TPSA) is 90.8 Å². The van der Waals surface area contributed by atoms with Gasteiger partial charge >= 0.3 is 5.97 Å². The van der Waals surface area contributed by atoms with Crippen LogP contribution in [0.3, 0.4) is 0 Å². The zero-order chi connectivity index (χ0) is 15.7. The fourth-order valence-corrected chi connectivity index (χ4v) is 5.41. The molecule has 2 fully saturated rings. The first kappa shape index (κ1) is 15.4. The molecule has 2 aliphatic heterocycles. The maximum Gasteiger partial charge on any atom is 0.317 e. The second kappa shape index (κ2) is 5.94. The molecular formula is C14H19N3O4S. The van der Waals surface area contributed by atoms with Gasteiger partial charge in [-0.2, -0.15) is 0 Å². The van der Waals surface area contributed by atoms with Crippen LogP contribution in [-0.4, -0.2) is 77.5 Å². The Bertz CT molecular complexity index is 649. The normalized spacial score (nSPS) is 28.4. The first-order chi connectivity index (χ1) is 10.4. The average molecular weight is 325 g/mol. The van der Waals surface area contributed by atoms with Crippen LogP contribution < -0.4 is 0 Å². The van der Waals surface area contributed by atoms with Crippen LogP contribution >= 0.6 is 0 Å². The Morgan fingerprint density at radius 1 is 1.23 bits per heavy atom. The molecule has 120 valence electrons. The van der Waals surface area contributed by atoms with E-state index < -0.39 is 15.8 Å². The minimum absolute atomic E-state index is 0.0453. The molecule has 1 aromatic rings. The molecule has 22 heavy (non-hydrogen) atoms. The van der Waals surface area contributed by atoms with Gasteiger partial charge in [0.05, 0.1) is 23.7 Å². The Morgan fingerprint density at radius 2 is 1.91 bits per heavy atom. The highest BCUT2D eigenvalue weighted by molar-refractivity contribution is 7.91. The van der Waals surface area contributed by atoms with E-state index in [9.17, 15) is 13.2 Å². The van der Waals surface area contributed by atoms with E-state index >= 15 is 0 Å². The van der Waals surface area contributed by atoms with Gasteiger partial charge in [-0.05, 0) is 12.1 Å². The molecule has 7 nitrogen and oxygen atoms in total. The largest absolute Gasteiger partial charge is 0.480 e. The monoisotopic (exact) mass is 325 g/mol. The van der Waals surface area contributed by atoms with Gasteiger partial charge in [0.1, 0.15) is 0 Å². The number of piperazine rings is 1. The number of rotatable bonds is 4. The number of sulfone groups is 1. The molecule has 0 spiro atoms. The molecule has 8 heteroatoms. The van der Waals surface area contributed by atoms with Crippen molar-refractivity contribution < 1.29 is 18.3 Å². The third-order valence-corrected chi connectivity index (χ3v) is 6.03. The number of aliphatic carboxylic acids is 1. The molecule has 2 atom stereocenters. The van der Waals surface area contributed by atoms with E-state index in [0.717, 1.165) is 5.69 Å². The van der Waals surface area contributed by atoms with E-state index in [1.807, 2.05) is 18.2 Å². The number of carboxylic acid groups (broad SMARTS) is 1. The summed E-state index contributed by atoms with van der Waals surface area (Å²) in [7, 11) is -3.12. The number of nitrogens with zero attached hydrogens (tertiary/aromatic N) is 3. The summed E-state index contributed by atoms with van der Waals surface area (Å²) in [4.78, 5) is 19.2. The minimum atomic E-state index is -3.12. The number of pyridine rings is 1. The quantitative estimate of drug-likeness (QED) is 0.794. The molecule has 0 aliphatic carbocycles. The maximum absolute atomic E-state index is 12.0. The molecule has 0 bridgehead atoms. The molecule has 0 radical (unpaired) electrons. The van der Waals surface area contributed by atoms with E-state index in [0.29, 0.717) is 19.6 Å². The van der Waals surface area contributed by atoms with Crippen molar-refractivity contribution in [2.45, 2.75) is 18.6 Å². The number of carboxylic acids is 1. The highest BCUT2D eigenvalue weighted by atomic mass is 32.2. The smallest absolute Gasteiger partial charge is 0.317 e. The Hall–Kier alpha value is -1.51. The van der Waals surface area contributed by atoms with Crippen LogP contribution in [0.15, 0.2) is 24.4 Å². The first-order valence-corrected chi connectivity index (χ1v) is 9.07. The summed E-state index contributed by atoms with van der Waals surface area (Å²) < 4.78 is 24.0. The van der Waals surface area contributed by atoms with Gasteiger partial charge in [-0.1, -0.05) is 6.07 Å². The van der Waals surface area contributed by atoms with Crippen LogP contribution in [0, 0.1) is 0 Å². The molecule has 3 rings (SSSR count). The fraction of sp³-hybridized carbons (Fsp3) is 0.571. The van der Waals surface area contributed by atoms with E-state index in [-0.39, 0.29) is 30.1 Å². The second-order valence-electron chi connectivity index (χ2n) is 5.87. The summed E-state index contributed by atoms with van der Waals surface area (Å²) in [5, 5.41) is 9.00. The summed E-state index contributed by atoms with van der Waals surface area (Å²) in [6.07, 6.45) is 1.72. The summed E-state index contributed by atoms with van der Waals surface area (Å²) in [5.41, 5.74) is 0.900. The van der Waals surface area contributed by atoms with Crippen LogP contribution in [0.5, 0.6) is 0 Å². The van der Waals surface area contributed by atoms with Crippen molar-refractivity contribution in [3.8, 4) is 0 Å². The number of aromatic nitrogens is 1. The van der Waals surface area contributed by atoms with Crippen molar-refractivity contribution in [2.24, 2.45) is 0 Å². The lowest BCUT2D eigenvalue weighted by molar-refractivity contribution is -0.139. The Labute approximate surface area is 129 Å². The lowest BCUT2D eigenvalue weighted by Gasteiger charge is -2.43. The average Bonchev–Trinajstić information content (AvgIpc) is 2.78. The molecule has 0 saturated carbocycles. The zero-order valence-electron chi connectivity index (χ0n) is 12.1. The van der Waals surface area contributed by atoms with Gasteiger partial charge in [0.25, 0.3) is 0 Å². The van der Waals surface area contributed by atoms with Crippen molar-refractivity contribution >= 4 is 15.8 Å². The zero-order valence-corrected chi connectivity index (χ0v) is 12.9. The number of fused-ring (bicyclic) bond motifs is 1. The molecule has 2 aliphatic rings. The SMILES string of the molecule is O=C(O)CN1CCN(Cc2ccccn2)[C@@H]2CS(=O)(=O)C[C@@H]21. The molecule has 3 heterocycles. The number of hydrogen-bond donors (Lipinski definition) is 1. The van der Waals surface area contributed by atoms with Crippen molar-refractivity contribution in [1.82, 2.24) is 14.8 Å². The van der Waals surface area contributed by atoms with Gasteiger partial charge in [-0.3, -0.25) is 19.6 Å². The molecular weight excluding hydrogens is 306 g/mol. The van der Waals surface area contributed by atoms with Crippen LogP contribution in [0.2, 0.25) is 0 Å². The highest BCUT2D eigenvalue weighted by Crippen LogP contribution is 2.27. The van der Waals surface area contributed by atoms with Gasteiger partial charge in [-0.15, -0.1) is 0 Å². The van der Waals surface area contributed by atoms with Crippen molar-refractivity contribution in [3.05, 3.63) is 30.1 Å². The summed E-state index contributed by atoms with van der Waals surface area (Å²) in [5.74, 6) is -0.772. The van der Waals surface area contributed by atoms with Crippen LogP contribution in [0.25, 0.3) is 0 Å². The minimum Gasteiger partial charge on any atom is -0.480 e. The lowest BCUT2D eigenvalue weighted by Crippen LogP contribution is -2.59. The lowest BCUT2D eigenvalue weighted by atomic mass is 10.0. The van der Waals surface area contributed by atoms with Crippen molar-refractivity contribution in [1.29, 1.82) is 0 Å². The van der Waals surface area contributed by atoms with E-state index in [2.05, 4.69) is 9.88 Å². The van der Waals surface area contributed by atoms with Gasteiger partial charge < -0.3 is 5.11 Å². The Kier molecular flexibility index (Phi) is 4.16. The molecule has 0 aromatic carbocycles. The molecule has 1 N–H and O–H groups in total. The summed E-state index contributed by atoms with van der Waals surface area (Å²) >= 11 is 0. The van der Waals surface area contributed by atoms with Gasteiger partial charge in [0.15, 0.2) is 9.84 Å². The summed E-state index contributed by atoms with van der Waals surface area (Å²) in [6, 6.07) is 5.28. The van der Waals surface area contributed by atoms with E-state index in [1.54, 1.807) is 11.1 Å². The number of carbonyl (C=O) groups is 1. The number of hydrogen-bond acceptors (Lipinski definition) is 6. The molecule has 0 unspecified atom stereocenters. The Morgan fingerprint density at radius 3 is 2.55 bits per heavy atom. The van der Waals surface area contributed by atoms with Gasteiger partial charge in [0.2, 0.25) is 0 Å². The summed E-state index contributed by atoms with van der Waals surface area (Å²) in [6.45, 7) is 1.71. The maximum atomic E-state index is 12.0.